The van der Waals surface area contributed by atoms with Crippen molar-refractivity contribution in [2.75, 3.05) is 98.2 Å². The summed E-state index contributed by atoms with van der Waals surface area (Å²) >= 11 is 0. The molecular formula is C23H43N9O3S. The van der Waals surface area contributed by atoms with Gasteiger partial charge in [0.05, 0.1) is 6.54 Å². The van der Waals surface area contributed by atoms with E-state index in [9.17, 15) is 13.2 Å². The van der Waals surface area contributed by atoms with E-state index in [1.807, 2.05) is 23.2 Å². The van der Waals surface area contributed by atoms with Crippen LogP contribution in [0.2, 0.25) is 0 Å². The number of hydrogen-bond donors (Lipinski definition) is 6. The fourth-order valence-electron chi connectivity index (χ4n) is 4.41. The van der Waals surface area contributed by atoms with Gasteiger partial charge in [-0.15, -0.1) is 0 Å². The summed E-state index contributed by atoms with van der Waals surface area (Å²) < 4.78 is 26.1. The Balaban J connectivity index is 1.88. The number of nitrogens with one attached hydrogen (secondary N) is 5. The average molecular weight is 526 g/mol. The molecule has 13 heteroatoms. The van der Waals surface area contributed by atoms with Gasteiger partial charge >= 0.3 is 0 Å². The molecule has 2 fully saturated rings. The highest BCUT2D eigenvalue weighted by Crippen LogP contribution is 2.14. The summed E-state index contributed by atoms with van der Waals surface area (Å²) in [5, 5.41) is 25.6. The molecule has 3 rings (SSSR count). The molecule has 2 aliphatic rings. The molecule has 2 saturated heterocycles. The predicted octanol–water partition coefficient (Wildman–Crippen LogP) is -2.76. The molecular weight excluding hydrogens is 482 g/mol. The molecule has 1 aromatic carbocycles. The van der Waals surface area contributed by atoms with E-state index in [0.29, 0.717) is 57.9 Å². The van der Waals surface area contributed by atoms with Crippen molar-refractivity contribution in [3.8, 4) is 0 Å². The van der Waals surface area contributed by atoms with Crippen LogP contribution in [0.3, 0.4) is 0 Å². The lowest BCUT2D eigenvalue weighted by molar-refractivity contribution is -0.0411. The zero-order chi connectivity index (χ0) is 25.6. The molecule has 2 heterocycles. The first-order valence-corrected chi connectivity index (χ1v) is 14.5. The quantitative estimate of drug-likeness (QED) is 0.245. The molecule has 1 unspecified atom stereocenters. The molecule has 0 aromatic heterocycles. The molecule has 1 amide bonds. The van der Waals surface area contributed by atoms with E-state index in [1.54, 1.807) is 17.0 Å². The van der Waals surface area contributed by atoms with Crippen LogP contribution >= 0.6 is 0 Å². The standard InChI is InChI=1S/C23H43N9O3S/c24-36(34,35)22-20-30(23(33)21-4-2-1-3-5-21)16-12-26-10-11-29-15-19-32(22)31-17-13-27-8-6-25-7-9-28-14-18-31/h1-5,22,25-29H,6-20H2,(H2,24,34,35). The Kier molecular flexibility index (Phi) is 12.5. The van der Waals surface area contributed by atoms with Gasteiger partial charge in [-0.1, -0.05) is 18.2 Å². The highest BCUT2D eigenvalue weighted by Gasteiger charge is 2.35. The normalized spacial score (nSPS) is 24.0. The van der Waals surface area contributed by atoms with Gasteiger partial charge in [-0.05, 0) is 12.1 Å². The second-order valence-electron chi connectivity index (χ2n) is 9.03. The fourth-order valence-corrected chi connectivity index (χ4v) is 5.38. The first kappa shape index (κ1) is 28.9. The molecule has 7 N–H and O–H groups in total. The molecule has 0 bridgehead atoms. The van der Waals surface area contributed by atoms with E-state index in [2.05, 4.69) is 31.6 Å². The van der Waals surface area contributed by atoms with Gasteiger partial charge in [-0.25, -0.2) is 23.6 Å². The zero-order valence-electron chi connectivity index (χ0n) is 21.1. The Hall–Kier alpha value is -1.68. The molecule has 2 aliphatic heterocycles. The van der Waals surface area contributed by atoms with Crippen molar-refractivity contribution >= 4 is 15.9 Å². The Morgan fingerprint density at radius 2 is 1.19 bits per heavy atom. The van der Waals surface area contributed by atoms with Gasteiger partial charge in [0, 0.05) is 97.2 Å². The van der Waals surface area contributed by atoms with Crippen molar-refractivity contribution in [2.24, 2.45) is 5.14 Å². The number of sulfonamides is 1. The van der Waals surface area contributed by atoms with E-state index in [4.69, 9.17) is 5.14 Å². The number of hydrazine groups is 1. The van der Waals surface area contributed by atoms with Crippen LogP contribution in [0.15, 0.2) is 30.3 Å². The van der Waals surface area contributed by atoms with Gasteiger partial charge in [0.15, 0.2) is 5.37 Å². The highest BCUT2D eigenvalue weighted by molar-refractivity contribution is 7.89. The van der Waals surface area contributed by atoms with Gasteiger partial charge in [-0.3, -0.25) is 4.79 Å². The third-order valence-corrected chi connectivity index (χ3v) is 7.52. The van der Waals surface area contributed by atoms with Crippen molar-refractivity contribution in [1.29, 1.82) is 0 Å². The summed E-state index contributed by atoms with van der Waals surface area (Å²) in [7, 11) is -4.02. The maximum Gasteiger partial charge on any atom is 0.253 e. The Labute approximate surface area is 215 Å². The summed E-state index contributed by atoms with van der Waals surface area (Å²) in [5.74, 6) is -0.203. The third kappa shape index (κ3) is 9.65. The monoisotopic (exact) mass is 525 g/mol. The molecule has 0 aliphatic carbocycles. The van der Waals surface area contributed by atoms with Crippen LogP contribution in [-0.2, 0) is 10.0 Å². The van der Waals surface area contributed by atoms with Crippen molar-refractivity contribution in [3.63, 3.8) is 0 Å². The van der Waals surface area contributed by atoms with E-state index >= 15 is 0 Å². The van der Waals surface area contributed by atoms with E-state index in [-0.39, 0.29) is 12.5 Å². The van der Waals surface area contributed by atoms with Crippen LogP contribution in [0, 0.1) is 0 Å². The van der Waals surface area contributed by atoms with Crippen LogP contribution in [-0.4, -0.2) is 133 Å². The first-order chi connectivity index (χ1) is 17.5. The third-order valence-electron chi connectivity index (χ3n) is 6.36. The summed E-state index contributed by atoms with van der Waals surface area (Å²) in [6.07, 6.45) is 0. The van der Waals surface area contributed by atoms with E-state index in [0.717, 1.165) is 39.3 Å². The van der Waals surface area contributed by atoms with Crippen LogP contribution in [0.4, 0.5) is 0 Å². The maximum atomic E-state index is 13.4. The minimum Gasteiger partial charge on any atom is -0.335 e. The van der Waals surface area contributed by atoms with Crippen LogP contribution < -0.4 is 31.7 Å². The number of rotatable bonds is 3. The number of primary sulfonamides is 1. The summed E-state index contributed by atoms with van der Waals surface area (Å²) in [6.45, 7) is 9.57. The summed E-state index contributed by atoms with van der Waals surface area (Å²) in [4.78, 5) is 15.0. The Morgan fingerprint density at radius 3 is 1.72 bits per heavy atom. The number of benzene rings is 1. The highest BCUT2D eigenvalue weighted by atomic mass is 32.2. The van der Waals surface area contributed by atoms with Crippen molar-refractivity contribution in [3.05, 3.63) is 35.9 Å². The number of nitrogens with two attached hydrogens (primary N) is 1. The van der Waals surface area contributed by atoms with Crippen LogP contribution in [0.1, 0.15) is 10.4 Å². The second kappa shape index (κ2) is 15.5. The number of nitrogens with zero attached hydrogens (tertiary/aromatic N) is 3. The van der Waals surface area contributed by atoms with Gasteiger partial charge in [0.25, 0.3) is 5.91 Å². The van der Waals surface area contributed by atoms with Crippen molar-refractivity contribution < 1.29 is 13.2 Å². The number of carbonyl (C=O) groups is 1. The number of carbonyl (C=O) groups excluding carboxylic acids is 1. The Morgan fingerprint density at radius 1 is 0.722 bits per heavy atom. The first-order valence-electron chi connectivity index (χ1n) is 12.9. The minimum atomic E-state index is -4.02. The lowest BCUT2D eigenvalue weighted by atomic mass is 10.2. The molecule has 0 saturated carbocycles. The SMILES string of the molecule is NS(=O)(=O)C1CN(C(=O)c2ccccc2)CCNCCNCCN1N1CCNCCNCCNCC1. The van der Waals surface area contributed by atoms with Crippen molar-refractivity contribution in [2.45, 2.75) is 5.37 Å². The fraction of sp³-hybridized carbons (Fsp3) is 0.696. The molecule has 0 spiro atoms. The van der Waals surface area contributed by atoms with Gasteiger partial charge in [-0.2, -0.15) is 0 Å². The number of hydrogen-bond acceptors (Lipinski definition) is 10. The molecule has 36 heavy (non-hydrogen) atoms. The number of amides is 1. The second-order valence-corrected chi connectivity index (χ2v) is 10.7. The molecule has 204 valence electrons. The van der Waals surface area contributed by atoms with E-state index < -0.39 is 15.4 Å². The Bertz CT molecular complexity index is 863. The lowest BCUT2D eigenvalue weighted by Gasteiger charge is -2.41. The summed E-state index contributed by atoms with van der Waals surface area (Å²) in [5.41, 5.74) is 0.527. The summed E-state index contributed by atoms with van der Waals surface area (Å²) in [6, 6.07) is 8.97. The zero-order valence-corrected chi connectivity index (χ0v) is 21.9. The molecule has 1 aromatic rings. The molecule has 0 radical (unpaired) electrons. The predicted molar refractivity (Wildman–Crippen MR) is 142 cm³/mol. The van der Waals surface area contributed by atoms with Gasteiger partial charge < -0.3 is 31.5 Å². The van der Waals surface area contributed by atoms with E-state index in [1.165, 1.54) is 0 Å². The smallest absolute Gasteiger partial charge is 0.253 e. The van der Waals surface area contributed by atoms with Crippen LogP contribution in [0.5, 0.6) is 0 Å². The average Bonchev–Trinajstić information content (AvgIpc) is 2.84. The van der Waals surface area contributed by atoms with Gasteiger partial charge in [0.2, 0.25) is 10.0 Å². The lowest BCUT2D eigenvalue weighted by Crippen LogP contribution is -2.61. The van der Waals surface area contributed by atoms with Crippen LogP contribution in [0.25, 0.3) is 0 Å². The molecule has 12 nitrogen and oxygen atoms in total. The largest absolute Gasteiger partial charge is 0.335 e. The minimum absolute atomic E-state index is 0.0183. The topological polar surface area (TPSA) is 147 Å². The van der Waals surface area contributed by atoms with Crippen molar-refractivity contribution in [1.82, 2.24) is 41.5 Å². The maximum absolute atomic E-state index is 13.4. The molecule has 1 atom stereocenters. The van der Waals surface area contributed by atoms with Gasteiger partial charge in [0.1, 0.15) is 0 Å².